The SMILES string of the molecule is Cc1ccccc1CC(=O)N1CCC[C@]2(C1)CN(c1cc(=O)[nH]cn1)CC[C@H]2O. The van der Waals surface area contributed by atoms with E-state index in [-0.39, 0.29) is 16.9 Å². The Balaban J connectivity index is 1.51. The Kier molecular flexibility index (Phi) is 5.41. The lowest BCUT2D eigenvalue weighted by atomic mass is 9.71. The number of aryl methyl sites for hydroxylation is 1. The van der Waals surface area contributed by atoms with Crippen molar-refractivity contribution in [1.82, 2.24) is 14.9 Å². The summed E-state index contributed by atoms with van der Waals surface area (Å²) in [7, 11) is 0. The topological polar surface area (TPSA) is 89.5 Å². The molecular weight excluding hydrogens is 368 g/mol. The van der Waals surface area contributed by atoms with E-state index >= 15 is 0 Å². The molecule has 1 spiro atoms. The summed E-state index contributed by atoms with van der Waals surface area (Å²) in [5.74, 6) is 0.736. The second-order valence-electron chi connectivity index (χ2n) is 8.38. The molecule has 3 heterocycles. The average molecular weight is 396 g/mol. The molecule has 2 aliphatic rings. The number of rotatable bonds is 3. The molecule has 1 amide bonds. The van der Waals surface area contributed by atoms with Gasteiger partial charge in [0.2, 0.25) is 5.91 Å². The van der Waals surface area contributed by atoms with Crippen molar-refractivity contribution in [3.05, 3.63) is 58.1 Å². The number of benzene rings is 1. The summed E-state index contributed by atoms with van der Waals surface area (Å²) < 4.78 is 0. The zero-order chi connectivity index (χ0) is 20.4. The van der Waals surface area contributed by atoms with Gasteiger partial charge in [-0.1, -0.05) is 24.3 Å². The van der Waals surface area contributed by atoms with Crippen molar-refractivity contribution in [2.24, 2.45) is 5.41 Å². The number of H-pyrrole nitrogens is 1. The molecule has 0 bridgehead atoms. The predicted molar refractivity (Wildman–Crippen MR) is 111 cm³/mol. The van der Waals surface area contributed by atoms with E-state index in [1.807, 2.05) is 36.1 Å². The minimum atomic E-state index is -0.463. The van der Waals surface area contributed by atoms with E-state index in [1.54, 1.807) is 0 Å². The highest BCUT2D eigenvalue weighted by Gasteiger charge is 2.46. The second-order valence-corrected chi connectivity index (χ2v) is 8.38. The van der Waals surface area contributed by atoms with Crippen LogP contribution >= 0.6 is 0 Å². The average Bonchev–Trinajstić information content (AvgIpc) is 2.72. The molecule has 2 N–H and O–H groups in total. The van der Waals surface area contributed by atoms with E-state index in [2.05, 4.69) is 14.9 Å². The van der Waals surface area contributed by atoms with Crippen LogP contribution in [-0.4, -0.2) is 58.2 Å². The van der Waals surface area contributed by atoms with Crippen LogP contribution in [0.5, 0.6) is 0 Å². The number of nitrogens with one attached hydrogen (secondary N) is 1. The van der Waals surface area contributed by atoms with Gasteiger partial charge in [-0.05, 0) is 37.3 Å². The summed E-state index contributed by atoms with van der Waals surface area (Å²) in [5.41, 5.74) is 1.60. The van der Waals surface area contributed by atoms with E-state index in [4.69, 9.17) is 0 Å². The van der Waals surface area contributed by atoms with Gasteiger partial charge in [0, 0.05) is 37.7 Å². The Labute approximate surface area is 170 Å². The number of anilines is 1. The van der Waals surface area contributed by atoms with Gasteiger partial charge < -0.3 is 19.9 Å². The Morgan fingerprint density at radius 2 is 2.14 bits per heavy atom. The molecule has 1 aromatic carbocycles. The first-order chi connectivity index (χ1) is 14.0. The molecule has 4 rings (SSSR count). The smallest absolute Gasteiger partial charge is 0.252 e. The highest BCUT2D eigenvalue weighted by atomic mass is 16.3. The van der Waals surface area contributed by atoms with E-state index in [0.29, 0.717) is 38.3 Å². The van der Waals surface area contributed by atoms with Crippen LogP contribution in [0.3, 0.4) is 0 Å². The number of carbonyl (C=O) groups is 1. The van der Waals surface area contributed by atoms with Gasteiger partial charge in [0.05, 0.1) is 18.9 Å². The van der Waals surface area contributed by atoms with Gasteiger partial charge in [-0.25, -0.2) is 4.98 Å². The molecule has 7 heteroatoms. The molecule has 154 valence electrons. The Bertz CT molecular complexity index is 943. The van der Waals surface area contributed by atoms with Crippen LogP contribution in [0.25, 0.3) is 0 Å². The van der Waals surface area contributed by atoms with Crippen LogP contribution < -0.4 is 10.5 Å². The van der Waals surface area contributed by atoms with Gasteiger partial charge in [0.15, 0.2) is 0 Å². The number of amides is 1. The summed E-state index contributed by atoms with van der Waals surface area (Å²) in [4.78, 5) is 35.5. The van der Waals surface area contributed by atoms with Crippen molar-refractivity contribution >= 4 is 11.7 Å². The van der Waals surface area contributed by atoms with Gasteiger partial charge in [-0.3, -0.25) is 9.59 Å². The van der Waals surface area contributed by atoms with Gasteiger partial charge in [-0.15, -0.1) is 0 Å². The lowest BCUT2D eigenvalue weighted by Gasteiger charge is -2.51. The molecule has 2 aliphatic heterocycles. The van der Waals surface area contributed by atoms with E-state index in [9.17, 15) is 14.7 Å². The molecule has 0 aliphatic carbocycles. The van der Waals surface area contributed by atoms with Crippen molar-refractivity contribution in [1.29, 1.82) is 0 Å². The standard InChI is InChI=1S/C22H28N4O3/c1-16-5-2-3-6-17(16)11-21(29)26-9-4-8-22(14-26)13-25(10-7-18(22)27)19-12-20(28)24-15-23-19/h2-3,5-6,12,15,18,27H,4,7-11,13-14H2,1H3,(H,23,24,28)/t18-,22-/m1/s1. The number of nitrogens with zero attached hydrogens (tertiary/aromatic N) is 3. The summed E-state index contributed by atoms with van der Waals surface area (Å²) in [6.07, 6.45) is 3.67. The molecule has 0 unspecified atom stereocenters. The van der Waals surface area contributed by atoms with Crippen LogP contribution in [0.1, 0.15) is 30.4 Å². The van der Waals surface area contributed by atoms with E-state index in [0.717, 1.165) is 30.5 Å². The third-order valence-electron chi connectivity index (χ3n) is 6.44. The lowest BCUT2D eigenvalue weighted by molar-refractivity contribution is -0.137. The van der Waals surface area contributed by atoms with Crippen molar-refractivity contribution in [3.63, 3.8) is 0 Å². The predicted octanol–water partition coefficient (Wildman–Crippen LogP) is 1.50. The van der Waals surface area contributed by atoms with Crippen molar-refractivity contribution < 1.29 is 9.90 Å². The van der Waals surface area contributed by atoms with E-state index < -0.39 is 6.10 Å². The number of piperidine rings is 2. The van der Waals surface area contributed by atoms with Gasteiger partial charge in [0.25, 0.3) is 5.56 Å². The second kappa shape index (κ2) is 7.99. The molecule has 0 radical (unpaired) electrons. The third kappa shape index (κ3) is 4.05. The zero-order valence-electron chi connectivity index (χ0n) is 16.8. The largest absolute Gasteiger partial charge is 0.392 e. The molecule has 2 fully saturated rings. The fraction of sp³-hybridized carbons (Fsp3) is 0.500. The van der Waals surface area contributed by atoms with Gasteiger partial charge in [-0.2, -0.15) is 0 Å². The van der Waals surface area contributed by atoms with Crippen LogP contribution in [0.2, 0.25) is 0 Å². The minimum absolute atomic E-state index is 0.108. The fourth-order valence-corrected chi connectivity index (χ4v) is 4.73. The number of aromatic amines is 1. The van der Waals surface area contributed by atoms with Crippen molar-refractivity contribution in [2.75, 3.05) is 31.1 Å². The number of hydrogen-bond donors (Lipinski definition) is 2. The number of likely N-dealkylation sites (tertiary alicyclic amines) is 1. The normalized spacial score (nSPS) is 24.7. The first-order valence-electron chi connectivity index (χ1n) is 10.3. The Morgan fingerprint density at radius 1 is 1.31 bits per heavy atom. The van der Waals surface area contributed by atoms with E-state index in [1.165, 1.54) is 12.4 Å². The zero-order valence-corrected chi connectivity index (χ0v) is 16.8. The summed E-state index contributed by atoms with van der Waals surface area (Å²) in [6.45, 7) is 4.54. The lowest BCUT2D eigenvalue weighted by Crippen LogP contribution is -2.60. The van der Waals surface area contributed by atoms with Gasteiger partial charge >= 0.3 is 0 Å². The number of aromatic nitrogens is 2. The maximum absolute atomic E-state index is 13.0. The summed E-state index contributed by atoms with van der Waals surface area (Å²) in [5, 5.41) is 10.9. The molecule has 7 nitrogen and oxygen atoms in total. The van der Waals surface area contributed by atoms with Crippen LogP contribution in [0.15, 0.2) is 41.5 Å². The first-order valence-corrected chi connectivity index (χ1v) is 10.3. The Morgan fingerprint density at radius 3 is 2.93 bits per heavy atom. The molecule has 2 saturated heterocycles. The number of aliphatic hydroxyl groups is 1. The number of hydrogen-bond acceptors (Lipinski definition) is 5. The molecule has 29 heavy (non-hydrogen) atoms. The molecule has 2 atom stereocenters. The summed E-state index contributed by atoms with van der Waals surface area (Å²) >= 11 is 0. The maximum atomic E-state index is 13.0. The van der Waals surface area contributed by atoms with Crippen molar-refractivity contribution in [3.8, 4) is 0 Å². The molecular formula is C22H28N4O3. The quantitative estimate of drug-likeness (QED) is 0.821. The molecule has 0 saturated carbocycles. The van der Waals surface area contributed by atoms with Gasteiger partial charge in [0.1, 0.15) is 5.82 Å². The minimum Gasteiger partial charge on any atom is -0.392 e. The van der Waals surface area contributed by atoms with Crippen LogP contribution in [0, 0.1) is 12.3 Å². The van der Waals surface area contributed by atoms with Crippen LogP contribution in [0.4, 0.5) is 5.82 Å². The fourth-order valence-electron chi connectivity index (χ4n) is 4.73. The number of aliphatic hydroxyl groups excluding tert-OH is 1. The maximum Gasteiger partial charge on any atom is 0.252 e. The highest BCUT2D eigenvalue weighted by Crippen LogP contribution is 2.39. The monoisotopic (exact) mass is 396 g/mol. The molecule has 1 aromatic heterocycles. The van der Waals surface area contributed by atoms with Crippen LogP contribution in [-0.2, 0) is 11.2 Å². The Hall–Kier alpha value is -2.67. The highest BCUT2D eigenvalue weighted by molar-refractivity contribution is 5.79. The van der Waals surface area contributed by atoms with Crippen molar-refractivity contribution in [2.45, 2.75) is 38.7 Å². The first kappa shape index (κ1) is 19.6. The number of carbonyl (C=O) groups excluding carboxylic acids is 1. The summed E-state index contributed by atoms with van der Waals surface area (Å²) in [6, 6.07) is 9.47. The molecule has 2 aromatic rings. The third-order valence-corrected chi connectivity index (χ3v) is 6.44.